The van der Waals surface area contributed by atoms with Crippen LogP contribution in [0.4, 0.5) is 11.6 Å². The van der Waals surface area contributed by atoms with Gasteiger partial charge in [-0.3, -0.25) is 4.98 Å². The van der Waals surface area contributed by atoms with Gasteiger partial charge in [-0.05, 0) is 19.1 Å². The Balaban J connectivity index is 1.39. The van der Waals surface area contributed by atoms with Crippen LogP contribution in [0, 0.1) is 6.92 Å². The second kappa shape index (κ2) is 8.90. The summed E-state index contributed by atoms with van der Waals surface area (Å²) < 4.78 is 33.5. The molecule has 1 fully saturated rings. The Hall–Kier alpha value is -2.82. The maximum Gasteiger partial charge on any atom is 0.242 e. The largest absolute Gasteiger partial charge is 0.378 e. The summed E-state index contributed by atoms with van der Waals surface area (Å²) in [6, 6.07) is 10.6. The smallest absolute Gasteiger partial charge is 0.242 e. The molecular formula is C20H24N6O3S. The highest BCUT2D eigenvalue weighted by Crippen LogP contribution is 2.20. The fourth-order valence-corrected chi connectivity index (χ4v) is 4.55. The van der Waals surface area contributed by atoms with Gasteiger partial charge in [0, 0.05) is 43.8 Å². The van der Waals surface area contributed by atoms with Gasteiger partial charge in [0.1, 0.15) is 22.4 Å². The molecule has 0 amide bonds. The number of morpholine rings is 1. The van der Waals surface area contributed by atoms with E-state index in [1.807, 2.05) is 25.1 Å². The first-order valence-corrected chi connectivity index (χ1v) is 11.3. The lowest BCUT2D eigenvalue weighted by Gasteiger charge is -2.28. The molecule has 0 atom stereocenters. The van der Waals surface area contributed by atoms with Crippen LogP contribution in [-0.2, 0) is 14.8 Å². The third kappa shape index (κ3) is 4.66. The summed E-state index contributed by atoms with van der Waals surface area (Å²) in [6.45, 7) is 5.36. The van der Waals surface area contributed by atoms with Crippen molar-refractivity contribution in [3.63, 3.8) is 0 Å². The summed E-state index contributed by atoms with van der Waals surface area (Å²) in [7, 11) is -3.68. The average Bonchev–Trinajstić information content (AvgIpc) is 2.76. The molecule has 2 N–H and O–H groups in total. The van der Waals surface area contributed by atoms with E-state index in [0.717, 1.165) is 24.3 Å². The molecule has 158 valence electrons. The number of para-hydroxylation sites is 1. The van der Waals surface area contributed by atoms with Gasteiger partial charge in [0.25, 0.3) is 0 Å². The molecule has 1 aliphatic heterocycles. The maximum atomic E-state index is 12.7. The summed E-state index contributed by atoms with van der Waals surface area (Å²) in [5, 5.41) is 3.96. The summed E-state index contributed by atoms with van der Waals surface area (Å²) >= 11 is 0. The Labute approximate surface area is 175 Å². The van der Waals surface area contributed by atoms with Crippen LogP contribution in [0.15, 0.2) is 47.5 Å². The molecular weight excluding hydrogens is 404 g/mol. The highest BCUT2D eigenvalue weighted by atomic mass is 32.2. The van der Waals surface area contributed by atoms with Gasteiger partial charge in [-0.25, -0.2) is 23.1 Å². The second-order valence-electron chi connectivity index (χ2n) is 6.91. The van der Waals surface area contributed by atoms with Gasteiger partial charge >= 0.3 is 0 Å². The first-order valence-electron chi connectivity index (χ1n) is 9.79. The quantitative estimate of drug-likeness (QED) is 0.546. The number of anilines is 2. The van der Waals surface area contributed by atoms with Crippen LogP contribution in [0.2, 0.25) is 0 Å². The number of nitrogens with zero attached hydrogens (tertiary/aromatic N) is 4. The molecule has 0 saturated carbocycles. The number of fused-ring (bicyclic) bond motifs is 1. The van der Waals surface area contributed by atoms with Crippen LogP contribution in [0.1, 0.15) is 5.82 Å². The Kier molecular flexibility index (Phi) is 6.07. The van der Waals surface area contributed by atoms with E-state index in [-0.39, 0.29) is 11.4 Å². The summed E-state index contributed by atoms with van der Waals surface area (Å²) in [4.78, 5) is 15.4. The summed E-state index contributed by atoms with van der Waals surface area (Å²) in [5.41, 5.74) is 0.460. The molecule has 4 rings (SSSR count). The van der Waals surface area contributed by atoms with Crippen molar-refractivity contribution in [2.75, 3.05) is 49.6 Å². The topological polar surface area (TPSA) is 109 Å². The predicted molar refractivity (Wildman–Crippen MR) is 115 cm³/mol. The Morgan fingerprint density at radius 3 is 2.73 bits per heavy atom. The standard InChI is InChI=1S/C20H24N6O3S/c1-15-24-18(14-19(25-15)26-10-12-29-13-11-26)21-8-9-23-30(27,28)17-6-2-4-16-5-3-7-22-20(16)17/h2-7,14,23H,8-13H2,1H3,(H,21,24,25). The molecule has 0 radical (unpaired) electrons. The highest BCUT2D eigenvalue weighted by Gasteiger charge is 2.18. The number of benzene rings is 1. The summed E-state index contributed by atoms with van der Waals surface area (Å²) in [6.07, 6.45) is 1.59. The van der Waals surface area contributed by atoms with E-state index in [0.29, 0.717) is 36.9 Å². The molecule has 3 heterocycles. The number of hydrogen-bond acceptors (Lipinski definition) is 8. The number of sulfonamides is 1. The SMILES string of the molecule is Cc1nc(NCCNS(=O)(=O)c2cccc3cccnc23)cc(N2CCOCC2)n1. The minimum atomic E-state index is -3.68. The van der Waals surface area contributed by atoms with Gasteiger partial charge in [-0.15, -0.1) is 0 Å². The lowest BCUT2D eigenvalue weighted by Crippen LogP contribution is -2.37. The molecule has 1 aromatic carbocycles. The van der Waals surface area contributed by atoms with Crippen molar-refractivity contribution in [2.24, 2.45) is 0 Å². The average molecular weight is 429 g/mol. The number of nitrogens with one attached hydrogen (secondary N) is 2. The van der Waals surface area contributed by atoms with E-state index < -0.39 is 10.0 Å². The highest BCUT2D eigenvalue weighted by molar-refractivity contribution is 7.89. The van der Waals surface area contributed by atoms with Crippen molar-refractivity contribution >= 4 is 32.6 Å². The van der Waals surface area contributed by atoms with Gasteiger partial charge in [0.05, 0.1) is 18.7 Å². The van der Waals surface area contributed by atoms with Gasteiger partial charge in [0.15, 0.2) is 0 Å². The van der Waals surface area contributed by atoms with Gasteiger partial charge in [-0.2, -0.15) is 0 Å². The predicted octanol–water partition coefficient (Wildman–Crippen LogP) is 1.56. The fourth-order valence-electron chi connectivity index (χ4n) is 3.34. The van der Waals surface area contributed by atoms with Crippen LogP contribution in [0.5, 0.6) is 0 Å². The normalized spacial score (nSPS) is 14.8. The number of aryl methyl sites for hydroxylation is 1. The minimum absolute atomic E-state index is 0.174. The first kappa shape index (κ1) is 20.5. The van der Waals surface area contributed by atoms with E-state index >= 15 is 0 Å². The van der Waals surface area contributed by atoms with Gasteiger partial charge < -0.3 is 15.0 Å². The van der Waals surface area contributed by atoms with Crippen molar-refractivity contribution in [2.45, 2.75) is 11.8 Å². The van der Waals surface area contributed by atoms with Crippen LogP contribution in [-0.4, -0.2) is 62.8 Å². The van der Waals surface area contributed by atoms with Crippen LogP contribution < -0.4 is 14.9 Å². The number of hydrogen-bond donors (Lipinski definition) is 2. The molecule has 1 saturated heterocycles. The number of aromatic nitrogens is 3. The Morgan fingerprint density at radius 2 is 1.90 bits per heavy atom. The molecule has 2 aromatic heterocycles. The lowest BCUT2D eigenvalue weighted by molar-refractivity contribution is 0.122. The van der Waals surface area contributed by atoms with Crippen molar-refractivity contribution in [1.82, 2.24) is 19.7 Å². The number of rotatable bonds is 7. The molecule has 3 aromatic rings. The van der Waals surface area contributed by atoms with Gasteiger partial charge in [0.2, 0.25) is 10.0 Å². The Bertz CT molecular complexity index is 1130. The van der Waals surface area contributed by atoms with Crippen LogP contribution >= 0.6 is 0 Å². The van der Waals surface area contributed by atoms with Crippen LogP contribution in [0.25, 0.3) is 10.9 Å². The number of ether oxygens (including phenoxy) is 1. The van der Waals surface area contributed by atoms with E-state index in [1.165, 1.54) is 0 Å². The Morgan fingerprint density at radius 1 is 1.10 bits per heavy atom. The zero-order valence-corrected chi connectivity index (χ0v) is 17.5. The monoisotopic (exact) mass is 428 g/mol. The molecule has 30 heavy (non-hydrogen) atoms. The van der Waals surface area contributed by atoms with Crippen molar-refractivity contribution < 1.29 is 13.2 Å². The van der Waals surface area contributed by atoms with Gasteiger partial charge in [-0.1, -0.05) is 18.2 Å². The van der Waals surface area contributed by atoms with Crippen molar-refractivity contribution in [3.05, 3.63) is 48.4 Å². The van der Waals surface area contributed by atoms with Crippen LogP contribution in [0.3, 0.4) is 0 Å². The first-order chi connectivity index (χ1) is 14.5. The molecule has 0 bridgehead atoms. The molecule has 1 aliphatic rings. The van der Waals surface area contributed by atoms with Crippen molar-refractivity contribution in [3.8, 4) is 0 Å². The maximum absolute atomic E-state index is 12.7. The van der Waals surface area contributed by atoms with E-state index in [1.54, 1.807) is 24.4 Å². The third-order valence-electron chi connectivity index (χ3n) is 4.77. The molecule has 10 heteroatoms. The third-order valence-corrected chi connectivity index (χ3v) is 6.26. The van der Waals surface area contributed by atoms with E-state index in [2.05, 4.69) is 29.9 Å². The summed E-state index contributed by atoms with van der Waals surface area (Å²) in [5.74, 6) is 2.16. The number of pyridine rings is 1. The lowest BCUT2D eigenvalue weighted by atomic mass is 10.2. The molecule has 0 aliphatic carbocycles. The molecule has 9 nitrogen and oxygen atoms in total. The molecule has 0 spiro atoms. The van der Waals surface area contributed by atoms with E-state index in [4.69, 9.17) is 4.74 Å². The zero-order valence-electron chi connectivity index (χ0n) is 16.7. The minimum Gasteiger partial charge on any atom is -0.378 e. The fraction of sp³-hybridized carbons (Fsp3) is 0.350. The van der Waals surface area contributed by atoms with Crippen molar-refractivity contribution in [1.29, 1.82) is 0 Å². The van der Waals surface area contributed by atoms with E-state index in [9.17, 15) is 8.42 Å². The zero-order chi connectivity index (χ0) is 21.0. The second-order valence-corrected chi connectivity index (χ2v) is 8.65. The molecule has 0 unspecified atom stereocenters.